The summed E-state index contributed by atoms with van der Waals surface area (Å²) in [6, 6.07) is 0. The molecule has 5 nitrogen and oxygen atoms in total. The van der Waals surface area contributed by atoms with Crippen LogP contribution in [0.2, 0.25) is 0 Å². The predicted octanol–water partition coefficient (Wildman–Crippen LogP) is -0.0730. The van der Waals surface area contributed by atoms with Crippen LogP contribution in [0.15, 0.2) is 5.10 Å². The Kier molecular flexibility index (Phi) is 1.79. The predicted molar refractivity (Wildman–Crippen MR) is 48.7 cm³/mol. The van der Waals surface area contributed by atoms with Gasteiger partial charge in [-0.2, -0.15) is 5.01 Å². The lowest BCUT2D eigenvalue weighted by atomic mass is 10.4. The first-order valence-electron chi connectivity index (χ1n) is 4.39. The molecule has 1 saturated heterocycles. The van der Waals surface area contributed by atoms with E-state index < -0.39 is 0 Å². The lowest BCUT2D eigenvalue weighted by Gasteiger charge is -2.15. The molecule has 0 N–H and O–H groups in total. The summed E-state index contributed by atoms with van der Waals surface area (Å²) in [5.74, 6) is 1.61. The summed E-state index contributed by atoms with van der Waals surface area (Å²) >= 11 is 0. The number of hydrazine groups is 1. The number of hydrazone groups is 1. The zero-order chi connectivity index (χ0) is 9.42. The molecule has 0 aromatic heterocycles. The highest BCUT2D eigenvalue weighted by molar-refractivity contribution is 5.97. The lowest BCUT2D eigenvalue weighted by Crippen LogP contribution is -2.41. The highest BCUT2D eigenvalue weighted by atomic mass is 16.2. The van der Waals surface area contributed by atoms with Crippen LogP contribution < -0.4 is 4.99 Å². The maximum absolute atomic E-state index is 11.4. The smallest absolute Gasteiger partial charge is 0.272 e. The molecule has 1 radical (unpaired) electrons. The molecule has 1 amide bonds. The second-order valence-corrected chi connectivity index (χ2v) is 3.22. The minimum Gasteiger partial charge on any atom is -0.272 e. The monoisotopic (exact) mass is 180 g/mol. The number of amides is 1. The van der Waals surface area contributed by atoms with Crippen molar-refractivity contribution < 1.29 is 4.79 Å². The summed E-state index contributed by atoms with van der Waals surface area (Å²) in [4.78, 5) is 15.5. The number of amidine groups is 2. The number of hydrogen-bond acceptors (Lipinski definition) is 4. The Hall–Kier alpha value is -1.39. The Morgan fingerprint density at radius 3 is 2.69 bits per heavy atom. The molecule has 1 fully saturated rings. The van der Waals surface area contributed by atoms with Crippen LogP contribution >= 0.6 is 0 Å². The summed E-state index contributed by atoms with van der Waals surface area (Å²) in [6.45, 7) is 4.43. The molecule has 13 heavy (non-hydrogen) atoms. The van der Waals surface area contributed by atoms with Crippen LogP contribution in [-0.2, 0) is 4.79 Å². The van der Waals surface area contributed by atoms with Crippen LogP contribution in [0.4, 0.5) is 0 Å². The molecular weight excluding hydrogens is 168 g/mol. The fourth-order valence-corrected chi connectivity index (χ4v) is 1.57. The SMILES string of the molecule is CC1=NN(N2CCCC2=O)C(C)=[N+]1. The van der Waals surface area contributed by atoms with Crippen molar-refractivity contribution >= 4 is 17.6 Å². The van der Waals surface area contributed by atoms with Crippen LogP contribution in [0.1, 0.15) is 26.7 Å². The number of carbonyl (C=O) groups is 1. The van der Waals surface area contributed by atoms with Gasteiger partial charge in [0, 0.05) is 25.4 Å². The van der Waals surface area contributed by atoms with E-state index in [0.717, 1.165) is 18.8 Å². The minimum absolute atomic E-state index is 0.132. The molecule has 2 aliphatic heterocycles. The average molecular weight is 180 g/mol. The molecule has 0 saturated carbocycles. The number of carbonyl (C=O) groups excluding carboxylic acids is 1. The molecule has 0 atom stereocenters. The van der Waals surface area contributed by atoms with Crippen LogP contribution in [0, 0.1) is 0 Å². The number of nitrogens with zero attached hydrogens (tertiary/aromatic N) is 4. The Labute approximate surface area is 76.7 Å². The van der Waals surface area contributed by atoms with E-state index in [-0.39, 0.29) is 5.91 Å². The van der Waals surface area contributed by atoms with Gasteiger partial charge in [0.25, 0.3) is 11.7 Å². The van der Waals surface area contributed by atoms with Gasteiger partial charge in [-0.05, 0) is 6.42 Å². The second-order valence-electron chi connectivity index (χ2n) is 3.22. The molecule has 0 unspecified atom stereocenters. The molecule has 0 spiro atoms. The summed E-state index contributed by atoms with van der Waals surface area (Å²) < 4.78 is 0. The van der Waals surface area contributed by atoms with Crippen molar-refractivity contribution in [1.82, 2.24) is 15.1 Å². The largest absolute Gasteiger partial charge is 0.311 e. The summed E-state index contributed by atoms with van der Waals surface area (Å²) in [6.07, 6.45) is 1.54. The maximum atomic E-state index is 11.4. The van der Waals surface area contributed by atoms with E-state index in [1.807, 2.05) is 13.8 Å². The normalized spacial score (nSPS) is 22.5. The van der Waals surface area contributed by atoms with Gasteiger partial charge < -0.3 is 0 Å². The van der Waals surface area contributed by atoms with Gasteiger partial charge >= 0.3 is 5.84 Å². The number of hydrogen-bond donors (Lipinski definition) is 0. The van der Waals surface area contributed by atoms with Crippen LogP contribution in [0.25, 0.3) is 0 Å². The number of aliphatic imine (C=N–C) groups is 1. The van der Waals surface area contributed by atoms with E-state index in [4.69, 9.17) is 0 Å². The van der Waals surface area contributed by atoms with Gasteiger partial charge in [0.1, 0.15) is 0 Å². The average Bonchev–Trinajstić information content (AvgIpc) is 2.58. The molecule has 0 aliphatic carbocycles. The van der Waals surface area contributed by atoms with Crippen molar-refractivity contribution in [3.63, 3.8) is 0 Å². The van der Waals surface area contributed by atoms with Crippen LogP contribution in [-0.4, -0.2) is 34.3 Å². The molecule has 2 rings (SSSR count). The van der Waals surface area contributed by atoms with Gasteiger partial charge in [-0.25, -0.2) is 0 Å². The Morgan fingerprint density at radius 1 is 1.46 bits per heavy atom. The standard InChI is InChI=1S/C8H12N4O/c1-6-9-7(2)12(10-6)11-5-3-4-8(11)13/h3-5H2,1-2H3/q+1. The van der Waals surface area contributed by atoms with E-state index in [2.05, 4.69) is 10.1 Å². The van der Waals surface area contributed by atoms with Gasteiger partial charge in [-0.1, -0.05) is 4.99 Å². The molecule has 0 aromatic carbocycles. The highest BCUT2D eigenvalue weighted by Crippen LogP contribution is 2.15. The molecule has 0 aromatic rings. The van der Waals surface area contributed by atoms with Crippen molar-refractivity contribution in [3.8, 4) is 0 Å². The zero-order valence-corrected chi connectivity index (χ0v) is 7.82. The minimum atomic E-state index is 0.132. The highest BCUT2D eigenvalue weighted by Gasteiger charge is 2.37. The number of rotatable bonds is 1. The van der Waals surface area contributed by atoms with E-state index in [0.29, 0.717) is 12.3 Å². The molecular formula is C8H12N4O+. The first-order chi connectivity index (χ1) is 6.18. The van der Waals surface area contributed by atoms with Gasteiger partial charge in [0.2, 0.25) is 0 Å². The van der Waals surface area contributed by atoms with Gasteiger partial charge in [0.15, 0.2) is 0 Å². The van der Waals surface area contributed by atoms with E-state index in [9.17, 15) is 4.79 Å². The van der Waals surface area contributed by atoms with Gasteiger partial charge in [-0.15, -0.1) is 0 Å². The zero-order valence-electron chi connectivity index (χ0n) is 7.82. The van der Waals surface area contributed by atoms with Gasteiger partial charge in [0.05, 0.1) is 11.6 Å². The van der Waals surface area contributed by atoms with Crippen LogP contribution in [0.5, 0.6) is 0 Å². The van der Waals surface area contributed by atoms with Crippen molar-refractivity contribution in [3.05, 3.63) is 0 Å². The Bertz CT molecular complexity index is 307. The third kappa shape index (κ3) is 1.30. The third-order valence-electron chi connectivity index (χ3n) is 2.13. The molecule has 0 bridgehead atoms. The first kappa shape index (κ1) is 8.22. The second kappa shape index (κ2) is 2.83. The third-order valence-corrected chi connectivity index (χ3v) is 2.13. The van der Waals surface area contributed by atoms with Crippen molar-refractivity contribution in [1.29, 1.82) is 0 Å². The molecule has 5 heteroatoms. The summed E-state index contributed by atoms with van der Waals surface area (Å²) in [5.41, 5.74) is 0. The van der Waals surface area contributed by atoms with Crippen molar-refractivity contribution in [2.75, 3.05) is 6.54 Å². The molecule has 69 valence electrons. The molecule has 2 aliphatic rings. The summed E-state index contributed by atoms with van der Waals surface area (Å²) in [7, 11) is 0. The van der Waals surface area contributed by atoms with Crippen LogP contribution in [0.3, 0.4) is 0 Å². The maximum Gasteiger partial charge on any atom is 0.311 e. The quantitative estimate of drug-likeness (QED) is 0.567. The fourth-order valence-electron chi connectivity index (χ4n) is 1.57. The van der Waals surface area contributed by atoms with Gasteiger partial charge in [-0.3, -0.25) is 4.79 Å². The van der Waals surface area contributed by atoms with E-state index in [1.54, 1.807) is 10.1 Å². The summed E-state index contributed by atoms with van der Waals surface area (Å²) in [5, 5.41) is 7.40. The van der Waals surface area contributed by atoms with Crippen molar-refractivity contribution in [2.24, 2.45) is 5.10 Å². The Morgan fingerprint density at radius 2 is 2.23 bits per heavy atom. The fraction of sp³-hybridized carbons (Fsp3) is 0.625. The van der Waals surface area contributed by atoms with E-state index in [1.165, 1.54) is 0 Å². The lowest BCUT2D eigenvalue weighted by molar-refractivity contribution is -0.137. The van der Waals surface area contributed by atoms with E-state index >= 15 is 0 Å². The topological polar surface area (TPSA) is 50.0 Å². The van der Waals surface area contributed by atoms with Crippen molar-refractivity contribution in [2.45, 2.75) is 26.7 Å². The Balaban J connectivity index is 2.18. The molecule has 2 heterocycles. The first-order valence-corrected chi connectivity index (χ1v) is 4.39.